The quantitative estimate of drug-likeness (QED) is 0.619. The van der Waals surface area contributed by atoms with E-state index >= 15 is 0 Å². The lowest BCUT2D eigenvalue weighted by atomic mass is 10.0. The Morgan fingerprint density at radius 3 is 2.48 bits per heavy atom. The third-order valence-corrected chi connectivity index (χ3v) is 5.21. The second-order valence-electron chi connectivity index (χ2n) is 6.50. The molecule has 7 heteroatoms. The van der Waals surface area contributed by atoms with Gasteiger partial charge < -0.3 is 16.0 Å². The second-order valence-corrected chi connectivity index (χ2v) is 7.31. The van der Waals surface area contributed by atoms with Gasteiger partial charge in [-0.2, -0.15) is 0 Å². The molecule has 138 valence electrons. The highest BCUT2D eigenvalue weighted by Crippen LogP contribution is 2.27. The molecular formula is C18H25Cl2N3O2. The summed E-state index contributed by atoms with van der Waals surface area (Å²) in [6.45, 7) is 2.68. The number of rotatable bonds is 7. The highest BCUT2D eigenvalue weighted by Gasteiger charge is 2.18. The van der Waals surface area contributed by atoms with Crippen molar-refractivity contribution in [2.24, 2.45) is 5.92 Å². The van der Waals surface area contributed by atoms with E-state index in [1.165, 1.54) is 12.8 Å². The van der Waals surface area contributed by atoms with Crippen LogP contribution in [0.1, 0.15) is 50.6 Å². The lowest BCUT2D eigenvalue weighted by Gasteiger charge is -2.16. The summed E-state index contributed by atoms with van der Waals surface area (Å²) in [6, 6.07) is 4.77. The number of hydrogen-bond donors (Lipinski definition) is 3. The van der Waals surface area contributed by atoms with Gasteiger partial charge >= 0.3 is 6.03 Å². The molecule has 1 saturated carbocycles. The van der Waals surface area contributed by atoms with Gasteiger partial charge in [0.1, 0.15) is 0 Å². The van der Waals surface area contributed by atoms with E-state index in [4.69, 9.17) is 23.2 Å². The zero-order valence-corrected chi connectivity index (χ0v) is 15.9. The van der Waals surface area contributed by atoms with E-state index in [0.717, 1.165) is 18.4 Å². The number of carbonyl (C=O) groups is 2. The Labute approximate surface area is 158 Å². The average Bonchev–Trinajstić information content (AvgIpc) is 3.07. The van der Waals surface area contributed by atoms with Crippen LogP contribution in [0.25, 0.3) is 0 Å². The fraction of sp³-hybridized carbons (Fsp3) is 0.556. The Kier molecular flexibility index (Phi) is 7.85. The normalized spacial score (nSPS) is 15.6. The van der Waals surface area contributed by atoms with Crippen LogP contribution in [0.2, 0.25) is 10.0 Å². The predicted octanol–water partition coefficient (Wildman–Crippen LogP) is 4.05. The first-order valence-electron chi connectivity index (χ1n) is 8.71. The minimum absolute atomic E-state index is 0.0679. The predicted molar refractivity (Wildman–Crippen MR) is 101 cm³/mol. The smallest absolute Gasteiger partial charge is 0.315 e. The summed E-state index contributed by atoms with van der Waals surface area (Å²) in [5.41, 5.74) is 0.870. The van der Waals surface area contributed by atoms with Crippen molar-refractivity contribution < 1.29 is 9.59 Å². The third kappa shape index (κ3) is 6.75. The minimum atomic E-state index is -0.288. The van der Waals surface area contributed by atoms with Crippen LogP contribution in [0.3, 0.4) is 0 Å². The maximum absolute atomic E-state index is 11.9. The molecule has 0 bridgehead atoms. The van der Waals surface area contributed by atoms with Gasteiger partial charge in [0.15, 0.2) is 0 Å². The lowest BCUT2D eigenvalue weighted by Crippen LogP contribution is -2.41. The minimum Gasteiger partial charge on any atom is -0.354 e. The Morgan fingerprint density at radius 1 is 1.12 bits per heavy atom. The Hall–Kier alpha value is -1.46. The van der Waals surface area contributed by atoms with Crippen LogP contribution in [-0.4, -0.2) is 25.0 Å². The number of nitrogens with one attached hydrogen (secondary N) is 3. The molecule has 0 aromatic heterocycles. The Morgan fingerprint density at radius 2 is 1.80 bits per heavy atom. The highest BCUT2D eigenvalue weighted by atomic mass is 35.5. The van der Waals surface area contributed by atoms with E-state index in [0.29, 0.717) is 35.5 Å². The molecule has 1 aromatic carbocycles. The van der Waals surface area contributed by atoms with E-state index in [-0.39, 0.29) is 18.0 Å². The highest BCUT2D eigenvalue weighted by molar-refractivity contribution is 6.42. The molecule has 2 rings (SSSR count). The van der Waals surface area contributed by atoms with E-state index in [1.54, 1.807) is 12.1 Å². The molecule has 1 atom stereocenters. The molecule has 0 radical (unpaired) electrons. The summed E-state index contributed by atoms with van der Waals surface area (Å²) in [5.74, 6) is 0.599. The van der Waals surface area contributed by atoms with Crippen LogP contribution < -0.4 is 16.0 Å². The third-order valence-electron chi connectivity index (χ3n) is 4.47. The Bertz CT molecular complexity index is 604. The molecular weight excluding hydrogens is 361 g/mol. The van der Waals surface area contributed by atoms with E-state index < -0.39 is 0 Å². The number of urea groups is 1. The van der Waals surface area contributed by atoms with Gasteiger partial charge in [-0.15, -0.1) is 0 Å². The molecule has 0 aliphatic heterocycles. The summed E-state index contributed by atoms with van der Waals surface area (Å²) in [4.78, 5) is 23.7. The number of hydrogen-bond acceptors (Lipinski definition) is 2. The molecule has 1 fully saturated rings. The van der Waals surface area contributed by atoms with Crippen molar-refractivity contribution >= 4 is 35.1 Å². The van der Waals surface area contributed by atoms with Gasteiger partial charge in [0.2, 0.25) is 5.91 Å². The van der Waals surface area contributed by atoms with Gasteiger partial charge in [-0.3, -0.25) is 4.79 Å². The number of halogens is 2. The monoisotopic (exact) mass is 385 g/mol. The number of carbonyl (C=O) groups excluding carboxylic acids is 2. The van der Waals surface area contributed by atoms with Crippen molar-refractivity contribution in [1.82, 2.24) is 16.0 Å². The molecule has 25 heavy (non-hydrogen) atoms. The fourth-order valence-electron chi connectivity index (χ4n) is 3.04. The molecule has 1 unspecified atom stereocenters. The van der Waals surface area contributed by atoms with Crippen LogP contribution in [0.4, 0.5) is 4.79 Å². The summed E-state index contributed by atoms with van der Waals surface area (Å²) in [6.07, 6.45) is 5.37. The Balaban J connectivity index is 1.62. The summed E-state index contributed by atoms with van der Waals surface area (Å²) < 4.78 is 0. The zero-order chi connectivity index (χ0) is 18.2. The fourth-order valence-corrected chi connectivity index (χ4v) is 3.35. The molecule has 3 amide bonds. The molecule has 1 aromatic rings. The van der Waals surface area contributed by atoms with Gasteiger partial charge in [-0.25, -0.2) is 4.79 Å². The van der Waals surface area contributed by atoms with Gasteiger partial charge in [0.05, 0.1) is 16.1 Å². The van der Waals surface area contributed by atoms with Crippen molar-refractivity contribution in [1.29, 1.82) is 0 Å². The van der Waals surface area contributed by atoms with E-state index in [1.807, 2.05) is 13.0 Å². The van der Waals surface area contributed by atoms with Crippen molar-refractivity contribution in [3.8, 4) is 0 Å². The molecule has 0 spiro atoms. The molecule has 1 aliphatic carbocycles. The van der Waals surface area contributed by atoms with Gasteiger partial charge in [0, 0.05) is 19.5 Å². The standard InChI is InChI=1S/C18H25Cl2N3O2/c1-12(14-6-7-15(19)16(20)11-14)23-18(25)22-9-8-21-17(24)10-13-4-2-3-5-13/h6-7,11-13H,2-5,8-10H2,1H3,(H,21,24)(H2,22,23,25). The summed E-state index contributed by atoms with van der Waals surface area (Å²) in [7, 11) is 0. The first-order valence-corrected chi connectivity index (χ1v) is 9.47. The average molecular weight is 386 g/mol. The maximum atomic E-state index is 11.9. The topological polar surface area (TPSA) is 70.2 Å². The van der Waals surface area contributed by atoms with E-state index in [2.05, 4.69) is 16.0 Å². The van der Waals surface area contributed by atoms with Crippen LogP contribution in [0.15, 0.2) is 18.2 Å². The van der Waals surface area contributed by atoms with Crippen molar-refractivity contribution in [2.45, 2.75) is 45.1 Å². The SMILES string of the molecule is CC(NC(=O)NCCNC(=O)CC1CCCC1)c1ccc(Cl)c(Cl)c1. The van der Waals surface area contributed by atoms with Gasteiger partial charge in [-0.05, 0) is 43.4 Å². The largest absolute Gasteiger partial charge is 0.354 e. The summed E-state index contributed by atoms with van der Waals surface area (Å²) in [5, 5.41) is 9.35. The van der Waals surface area contributed by atoms with Crippen LogP contribution >= 0.6 is 23.2 Å². The van der Waals surface area contributed by atoms with Crippen LogP contribution in [0.5, 0.6) is 0 Å². The number of amides is 3. The van der Waals surface area contributed by atoms with Crippen LogP contribution in [0, 0.1) is 5.92 Å². The van der Waals surface area contributed by atoms with Crippen LogP contribution in [-0.2, 0) is 4.79 Å². The summed E-state index contributed by atoms with van der Waals surface area (Å²) >= 11 is 11.9. The molecule has 1 aliphatic rings. The first kappa shape index (κ1) is 19.9. The van der Waals surface area contributed by atoms with E-state index in [9.17, 15) is 9.59 Å². The zero-order valence-electron chi connectivity index (χ0n) is 14.4. The second kappa shape index (κ2) is 9.88. The lowest BCUT2D eigenvalue weighted by molar-refractivity contribution is -0.121. The first-order chi connectivity index (χ1) is 12.0. The maximum Gasteiger partial charge on any atom is 0.315 e. The van der Waals surface area contributed by atoms with Gasteiger partial charge in [0.25, 0.3) is 0 Å². The van der Waals surface area contributed by atoms with Gasteiger partial charge in [-0.1, -0.05) is 42.1 Å². The number of benzene rings is 1. The van der Waals surface area contributed by atoms with Crippen molar-refractivity contribution in [2.75, 3.05) is 13.1 Å². The molecule has 5 nitrogen and oxygen atoms in total. The molecule has 0 heterocycles. The van der Waals surface area contributed by atoms with Crippen molar-refractivity contribution in [3.63, 3.8) is 0 Å². The molecule has 0 saturated heterocycles. The van der Waals surface area contributed by atoms with Crippen molar-refractivity contribution in [3.05, 3.63) is 33.8 Å². The molecule has 3 N–H and O–H groups in total.